The first-order valence-electron chi connectivity index (χ1n) is 6.65. The molecule has 0 aliphatic carbocycles. The third kappa shape index (κ3) is 2.83. The van der Waals surface area contributed by atoms with Crippen molar-refractivity contribution < 1.29 is 0 Å². The van der Waals surface area contributed by atoms with E-state index < -0.39 is 0 Å². The van der Waals surface area contributed by atoms with Crippen LogP contribution in [0.1, 0.15) is 25.3 Å². The van der Waals surface area contributed by atoms with Gasteiger partial charge in [0.15, 0.2) is 0 Å². The molecular formula is C15H21N3. The van der Waals surface area contributed by atoms with Crippen LogP contribution >= 0.6 is 0 Å². The highest BCUT2D eigenvalue weighted by Crippen LogP contribution is 2.25. The second-order valence-electron chi connectivity index (χ2n) is 5.10. The fraction of sp³-hybridized carbons (Fsp3) is 0.533. The van der Waals surface area contributed by atoms with Crippen molar-refractivity contribution in [3.63, 3.8) is 0 Å². The van der Waals surface area contributed by atoms with Gasteiger partial charge in [0.2, 0.25) is 0 Å². The van der Waals surface area contributed by atoms with Crippen molar-refractivity contribution in [2.75, 3.05) is 18.0 Å². The van der Waals surface area contributed by atoms with Gasteiger partial charge in [-0.2, -0.15) is 5.26 Å². The number of nitriles is 1. The summed E-state index contributed by atoms with van der Waals surface area (Å²) in [6.07, 6.45) is 1.70. The minimum Gasteiger partial charge on any atom is -0.363 e. The molecule has 2 rings (SSSR count). The van der Waals surface area contributed by atoms with Crippen molar-refractivity contribution in [3.05, 3.63) is 29.8 Å². The molecule has 0 saturated carbocycles. The highest BCUT2D eigenvalue weighted by molar-refractivity contribution is 5.50. The van der Waals surface area contributed by atoms with Crippen molar-refractivity contribution >= 4 is 5.69 Å². The largest absolute Gasteiger partial charge is 0.363 e. The Labute approximate surface area is 109 Å². The first-order chi connectivity index (χ1) is 8.72. The van der Waals surface area contributed by atoms with Gasteiger partial charge in [-0.3, -0.25) is 0 Å². The molecule has 3 nitrogen and oxygen atoms in total. The lowest BCUT2D eigenvalue weighted by Crippen LogP contribution is -2.43. The van der Waals surface area contributed by atoms with E-state index in [1.165, 1.54) is 11.3 Å². The Kier molecular flexibility index (Phi) is 4.22. The van der Waals surface area contributed by atoms with Crippen LogP contribution in [0.5, 0.6) is 0 Å². The molecule has 1 N–H and O–H groups in total. The average Bonchev–Trinajstić information content (AvgIpc) is 2.52. The average molecular weight is 243 g/mol. The summed E-state index contributed by atoms with van der Waals surface area (Å²) in [5.74, 6) is 0. The van der Waals surface area contributed by atoms with E-state index in [-0.39, 0.29) is 6.04 Å². The Bertz CT molecular complexity index is 436. The van der Waals surface area contributed by atoms with Crippen LogP contribution in [0.4, 0.5) is 5.69 Å². The van der Waals surface area contributed by atoms with Crippen LogP contribution in [0.3, 0.4) is 0 Å². The number of anilines is 1. The van der Waals surface area contributed by atoms with Crippen molar-refractivity contribution in [2.45, 2.75) is 38.8 Å². The lowest BCUT2D eigenvalue weighted by Gasteiger charge is -2.35. The quantitative estimate of drug-likeness (QED) is 0.867. The van der Waals surface area contributed by atoms with Gasteiger partial charge in [0.1, 0.15) is 0 Å². The molecule has 1 aliphatic heterocycles. The maximum atomic E-state index is 9.01. The van der Waals surface area contributed by atoms with Crippen LogP contribution in [-0.4, -0.2) is 25.2 Å². The molecule has 18 heavy (non-hydrogen) atoms. The summed E-state index contributed by atoms with van der Waals surface area (Å²) in [6.45, 7) is 6.29. The maximum absolute atomic E-state index is 9.01. The van der Waals surface area contributed by atoms with E-state index in [1.807, 2.05) is 0 Å². The summed E-state index contributed by atoms with van der Waals surface area (Å²) < 4.78 is 0. The van der Waals surface area contributed by atoms with Crippen LogP contribution < -0.4 is 10.2 Å². The molecule has 1 heterocycles. The highest BCUT2D eigenvalue weighted by atomic mass is 15.2. The van der Waals surface area contributed by atoms with Gasteiger partial charge < -0.3 is 10.2 Å². The summed E-state index contributed by atoms with van der Waals surface area (Å²) in [5.41, 5.74) is 2.51. The van der Waals surface area contributed by atoms with Crippen LogP contribution in [0.15, 0.2) is 24.3 Å². The van der Waals surface area contributed by atoms with Crippen molar-refractivity contribution in [1.29, 1.82) is 5.26 Å². The molecule has 96 valence electrons. The fourth-order valence-electron chi connectivity index (χ4n) is 2.71. The van der Waals surface area contributed by atoms with E-state index >= 15 is 0 Å². The first kappa shape index (κ1) is 12.9. The molecule has 0 radical (unpaired) electrons. The van der Waals surface area contributed by atoms with Gasteiger partial charge in [0.05, 0.1) is 18.5 Å². The topological polar surface area (TPSA) is 39.1 Å². The number of benzene rings is 1. The molecule has 1 aromatic carbocycles. The molecule has 1 saturated heterocycles. The summed E-state index contributed by atoms with van der Waals surface area (Å²) in [4.78, 5) is 2.41. The van der Waals surface area contributed by atoms with E-state index in [0.29, 0.717) is 12.5 Å². The number of nitrogens with one attached hydrogen (secondary N) is 1. The number of hydrogen-bond donors (Lipinski definition) is 1. The second kappa shape index (κ2) is 5.88. The van der Waals surface area contributed by atoms with E-state index in [1.54, 1.807) is 0 Å². The zero-order valence-corrected chi connectivity index (χ0v) is 11.2. The lowest BCUT2D eigenvalue weighted by atomic mass is 10.1. The van der Waals surface area contributed by atoms with Gasteiger partial charge in [-0.25, -0.2) is 0 Å². The van der Waals surface area contributed by atoms with Crippen molar-refractivity contribution in [1.82, 2.24) is 5.32 Å². The monoisotopic (exact) mass is 243 g/mol. The molecule has 2 atom stereocenters. The molecular weight excluding hydrogens is 222 g/mol. The highest BCUT2D eigenvalue weighted by Gasteiger charge is 2.26. The number of aryl methyl sites for hydroxylation is 1. The van der Waals surface area contributed by atoms with Crippen molar-refractivity contribution in [2.24, 2.45) is 0 Å². The smallest absolute Gasteiger partial charge is 0.0643 e. The zero-order chi connectivity index (χ0) is 13.0. The summed E-state index contributed by atoms with van der Waals surface area (Å²) in [7, 11) is 0. The zero-order valence-electron chi connectivity index (χ0n) is 11.2. The fourth-order valence-corrected chi connectivity index (χ4v) is 2.71. The molecule has 3 heteroatoms. The maximum Gasteiger partial charge on any atom is 0.0643 e. The Morgan fingerprint density at radius 3 is 3.06 bits per heavy atom. The SMILES string of the molecule is Cc1cccc(N2C(C)CCNCC2CC#N)c1. The normalized spacial score (nSPS) is 24.4. The molecule has 0 spiro atoms. The predicted octanol–water partition coefficient (Wildman–Crippen LogP) is 2.47. The standard InChI is InChI=1S/C15H21N3/c1-12-4-3-5-14(10-12)18-13(2)7-9-17-11-15(18)6-8-16/h3-5,10,13,15,17H,6-7,9,11H2,1-2H3. The van der Waals surface area contributed by atoms with Gasteiger partial charge in [0.25, 0.3) is 0 Å². The van der Waals surface area contributed by atoms with Gasteiger partial charge in [-0.15, -0.1) is 0 Å². The van der Waals surface area contributed by atoms with Gasteiger partial charge in [-0.1, -0.05) is 12.1 Å². The van der Waals surface area contributed by atoms with E-state index in [9.17, 15) is 0 Å². The molecule has 1 aromatic rings. The third-order valence-corrected chi connectivity index (χ3v) is 3.61. The van der Waals surface area contributed by atoms with E-state index in [4.69, 9.17) is 5.26 Å². The minimum absolute atomic E-state index is 0.272. The number of rotatable bonds is 2. The number of hydrogen-bond acceptors (Lipinski definition) is 3. The van der Waals surface area contributed by atoms with Crippen LogP contribution in [0.2, 0.25) is 0 Å². The predicted molar refractivity (Wildman–Crippen MR) is 74.6 cm³/mol. The molecule has 2 unspecified atom stereocenters. The first-order valence-corrected chi connectivity index (χ1v) is 6.65. The summed E-state index contributed by atoms with van der Waals surface area (Å²) >= 11 is 0. The van der Waals surface area contributed by atoms with E-state index in [0.717, 1.165) is 19.5 Å². The molecule has 0 aromatic heterocycles. The van der Waals surface area contributed by atoms with Gasteiger partial charge >= 0.3 is 0 Å². The summed E-state index contributed by atoms with van der Waals surface area (Å²) in [5, 5.41) is 12.4. The third-order valence-electron chi connectivity index (χ3n) is 3.61. The van der Waals surface area contributed by atoms with Gasteiger partial charge in [0, 0.05) is 18.3 Å². The molecule has 0 amide bonds. The summed E-state index contributed by atoms with van der Waals surface area (Å²) in [6, 6.07) is 11.6. The Balaban J connectivity index is 2.31. The Morgan fingerprint density at radius 1 is 1.50 bits per heavy atom. The minimum atomic E-state index is 0.272. The van der Waals surface area contributed by atoms with Gasteiger partial charge in [-0.05, 0) is 44.5 Å². The molecule has 1 fully saturated rings. The lowest BCUT2D eigenvalue weighted by molar-refractivity contribution is 0.551. The second-order valence-corrected chi connectivity index (χ2v) is 5.10. The number of nitrogens with zero attached hydrogens (tertiary/aromatic N) is 2. The van der Waals surface area contributed by atoms with Crippen molar-refractivity contribution in [3.8, 4) is 6.07 Å². The Hall–Kier alpha value is -1.53. The van der Waals surface area contributed by atoms with E-state index in [2.05, 4.69) is 54.4 Å². The van der Waals surface area contributed by atoms with Crippen LogP contribution in [0.25, 0.3) is 0 Å². The Morgan fingerprint density at radius 2 is 2.33 bits per heavy atom. The van der Waals surface area contributed by atoms with Crippen LogP contribution in [0, 0.1) is 18.3 Å². The van der Waals surface area contributed by atoms with Crippen LogP contribution in [-0.2, 0) is 0 Å². The molecule has 0 bridgehead atoms. The molecule has 1 aliphatic rings.